The number of fused-ring (bicyclic) bond motifs is 1. The lowest BCUT2D eigenvalue weighted by molar-refractivity contribution is -0.121. The molecule has 29 heavy (non-hydrogen) atoms. The molecule has 4 nitrogen and oxygen atoms in total. The van der Waals surface area contributed by atoms with Crippen molar-refractivity contribution in [3.05, 3.63) is 65.8 Å². The third-order valence-corrected chi connectivity index (χ3v) is 6.11. The molecule has 1 N–H and O–H groups in total. The Morgan fingerprint density at radius 1 is 1.07 bits per heavy atom. The summed E-state index contributed by atoms with van der Waals surface area (Å²) in [5, 5.41) is 4.71. The Balaban J connectivity index is 1.32. The van der Waals surface area contributed by atoms with Gasteiger partial charge in [0.15, 0.2) is 0 Å². The molecule has 1 heterocycles. The van der Waals surface area contributed by atoms with Crippen molar-refractivity contribution in [1.82, 2.24) is 4.98 Å². The highest BCUT2D eigenvalue weighted by molar-refractivity contribution is 6.30. The number of carbonyl (C=O) groups excluding carboxylic acids is 1. The Bertz CT molecular complexity index is 976. The average molecular weight is 409 g/mol. The van der Waals surface area contributed by atoms with Gasteiger partial charge in [-0.1, -0.05) is 30.7 Å². The van der Waals surface area contributed by atoms with Crippen LogP contribution in [0.5, 0.6) is 5.75 Å². The second-order valence-corrected chi connectivity index (χ2v) is 8.20. The van der Waals surface area contributed by atoms with E-state index in [-0.39, 0.29) is 17.9 Å². The molecule has 4 rings (SSSR count). The zero-order valence-corrected chi connectivity index (χ0v) is 17.2. The van der Waals surface area contributed by atoms with Crippen molar-refractivity contribution in [2.75, 3.05) is 5.32 Å². The molecule has 3 aromatic rings. The van der Waals surface area contributed by atoms with E-state index < -0.39 is 0 Å². The number of halogens is 1. The number of hydrogen-bond acceptors (Lipinski definition) is 3. The van der Waals surface area contributed by atoms with Crippen molar-refractivity contribution < 1.29 is 9.53 Å². The number of ether oxygens (including phenoxy) is 1. The number of benzene rings is 2. The van der Waals surface area contributed by atoms with Crippen LogP contribution in [0.25, 0.3) is 10.9 Å². The van der Waals surface area contributed by atoms with E-state index in [9.17, 15) is 4.79 Å². The molecule has 1 amide bonds. The van der Waals surface area contributed by atoms with Crippen LogP contribution in [0.1, 0.15) is 32.6 Å². The molecule has 0 bridgehead atoms. The van der Waals surface area contributed by atoms with Crippen LogP contribution in [-0.4, -0.2) is 17.0 Å². The number of hydrogen-bond donors (Lipinski definition) is 1. The Morgan fingerprint density at radius 2 is 1.79 bits per heavy atom. The lowest BCUT2D eigenvalue weighted by Crippen LogP contribution is -2.32. The van der Waals surface area contributed by atoms with E-state index >= 15 is 0 Å². The van der Waals surface area contributed by atoms with Gasteiger partial charge in [0.25, 0.3) is 0 Å². The number of pyridine rings is 1. The Morgan fingerprint density at radius 3 is 2.55 bits per heavy atom. The highest BCUT2D eigenvalue weighted by Gasteiger charge is 2.30. The summed E-state index contributed by atoms with van der Waals surface area (Å²) >= 11 is 5.91. The fraction of sp³-hybridized carbons (Fsp3) is 0.333. The predicted molar refractivity (Wildman–Crippen MR) is 117 cm³/mol. The Labute approximate surface area is 176 Å². The summed E-state index contributed by atoms with van der Waals surface area (Å²) in [4.78, 5) is 17.0. The van der Waals surface area contributed by atoms with Crippen molar-refractivity contribution in [1.29, 1.82) is 0 Å². The molecule has 1 aromatic heterocycles. The van der Waals surface area contributed by atoms with Crippen LogP contribution < -0.4 is 10.1 Å². The number of amides is 1. The Kier molecular flexibility index (Phi) is 6.00. The summed E-state index contributed by atoms with van der Waals surface area (Å²) in [6, 6.07) is 17.2. The summed E-state index contributed by atoms with van der Waals surface area (Å²) < 4.78 is 6.31. The molecule has 0 saturated heterocycles. The molecule has 0 radical (unpaired) electrons. The fourth-order valence-electron chi connectivity index (χ4n) is 4.06. The zero-order chi connectivity index (χ0) is 20.2. The van der Waals surface area contributed by atoms with E-state index in [1.165, 1.54) is 0 Å². The molecule has 2 aromatic carbocycles. The molecule has 1 atom stereocenters. The first-order valence-electron chi connectivity index (χ1n) is 10.2. The second kappa shape index (κ2) is 8.83. The fourth-order valence-corrected chi connectivity index (χ4v) is 4.19. The number of nitrogens with zero attached hydrogens (tertiary/aromatic N) is 1. The summed E-state index contributed by atoms with van der Waals surface area (Å²) in [5.41, 5.74) is 1.74. The molecule has 0 unspecified atom stereocenters. The smallest absolute Gasteiger partial charge is 0.227 e. The highest BCUT2D eigenvalue weighted by atomic mass is 35.5. The minimum Gasteiger partial charge on any atom is -0.490 e. The quantitative estimate of drug-likeness (QED) is 0.554. The number of aromatic nitrogens is 1. The molecule has 1 aliphatic carbocycles. The first kappa shape index (κ1) is 19.7. The van der Waals surface area contributed by atoms with Gasteiger partial charge in [0.05, 0.1) is 11.6 Å². The van der Waals surface area contributed by atoms with Gasteiger partial charge in [-0.25, -0.2) is 0 Å². The first-order chi connectivity index (χ1) is 14.1. The van der Waals surface area contributed by atoms with E-state index in [0.29, 0.717) is 10.9 Å². The van der Waals surface area contributed by atoms with Crippen molar-refractivity contribution in [2.24, 2.45) is 11.8 Å². The van der Waals surface area contributed by atoms with E-state index in [2.05, 4.69) is 10.3 Å². The summed E-state index contributed by atoms with van der Waals surface area (Å²) in [5.74, 6) is 1.30. The number of nitrogens with one attached hydrogen (secondary N) is 1. The maximum absolute atomic E-state index is 12.6. The normalized spacial score (nSPS) is 20.2. The lowest BCUT2D eigenvalue weighted by Gasteiger charge is -2.32. The van der Waals surface area contributed by atoms with Crippen LogP contribution in [0, 0.1) is 11.8 Å². The highest BCUT2D eigenvalue weighted by Crippen LogP contribution is 2.34. The van der Waals surface area contributed by atoms with Crippen LogP contribution in [0.2, 0.25) is 5.02 Å². The van der Waals surface area contributed by atoms with Gasteiger partial charge in [-0.05, 0) is 74.1 Å². The van der Waals surface area contributed by atoms with E-state index in [4.69, 9.17) is 16.3 Å². The van der Waals surface area contributed by atoms with Crippen molar-refractivity contribution in [2.45, 2.75) is 38.7 Å². The number of para-hydroxylation sites is 1. The van der Waals surface area contributed by atoms with Gasteiger partial charge in [0.2, 0.25) is 5.91 Å². The molecule has 1 aliphatic rings. The third-order valence-electron chi connectivity index (χ3n) is 5.85. The van der Waals surface area contributed by atoms with Gasteiger partial charge in [-0.15, -0.1) is 0 Å². The van der Waals surface area contributed by atoms with Gasteiger partial charge in [0, 0.05) is 28.2 Å². The van der Waals surface area contributed by atoms with Crippen molar-refractivity contribution >= 4 is 34.1 Å². The largest absolute Gasteiger partial charge is 0.490 e. The lowest BCUT2D eigenvalue weighted by atomic mass is 9.79. The minimum atomic E-state index is -0.0339. The summed E-state index contributed by atoms with van der Waals surface area (Å²) in [7, 11) is 0. The third kappa shape index (κ3) is 4.70. The molecule has 150 valence electrons. The monoisotopic (exact) mass is 408 g/mol. The topological polar surface area (TPSA) is 51.2 Å². The molecule has 0 aliphatic heterocycles. The second-order valence-electron chi connectivity index (χ2n) is 7.77. The van der Waals surface area contributed by atoms with E-state index in [1.54, 1.807) is 18.3 Å². The van der Waals surface area contributed by atoms with Crippen LogP contribution in [0.4, 0.5) is 5.69 Å². The summed E-state index contributed by atoms with van der Waals surface area (Å²) in [6.07, 6.45) is 5.88. The molecular formula is C24H25ClN2O2. The average Bonchev–Trinajstić information content (AvgIpc) is 2.75. The molecular weight excluding hydrogens is 384 g/mol. The minimum absolute atomic E-state index is 0.0339. The van der Waals surface area contributed by atoms with E-state index in [1.807, 2.05) is 49.4 Å². The van der Waals surface area contributed by atoms with Crippen LogP contribution in [-0.2, 0) is 4.79 Å². The van der Waals surface area contributed by atoms with Crippen LogP contribution in [0.15, 0.2) is 60.8 Å². The maximum Gasteiger partial charge on any atom is 0.227 e. The molecule has 0 spiro atoms. The summed E-state index contributed by atoms with van der Waals surface area (Å²) in [6.45, 7) is 2.02. The van der Waals surface area contributed by atoms with Gasteiger partial charge < -0.3 is 10.1 Å². The SMILES string of the molecule is C[C@@H](C(=O)Nc1ccc(Cl)cc1)[C@H]1CC[C@H](Oc2ccnc3ccccc23)CC1. The number of anilines is 1. The van der Waals surface area contributed by atoms with Gasteiger partial charge in [0.1, 0.15) is 5.75 Å². The number of rotatable bonds is 5. The Hall–Kier alpha value is -2.59. The zero-order valence-electron chi connectivity index (χ0n) is 16.5. The van der Waals surface area contributed by atoms with Gasteiger partial charge in [-0.2, -0.15) is 0 Å². The van der Waals surface area contributed by atoms with E-state index in [0.717, 1.165) is 48.0 Å². The molecule has 1 saturated carbocycles. The van der Waals surface area contributed by atoms with Gasteiger partial charge in [-0.3, -0.25) is 9.78 Å². The first-order valence-corrected chi connectivity index (χ1v) is 10.5. The molecule has 5 heteroatoms. The molecule has 1 fully saturated rings. The van der Waals surface area contributed by atoms with Crippen LogP contribution >= 0.6 is 11.6 Å². The number of carbonyl (C=O) groups is 1. The van der Waals surface area contributed by atoms with Crippen molar-refractivity contribution in [3.8, 4) is 5.75 Å². The van der Waals surface area contributed by atoms with Crippen molar-refractivity contribution in [3.63, 3.8) is 0 Å². The van der Waals surface area contributed by atoms with Crippen LogP contribution in [0.3, 0.4) is 0 Å². The standard InChI is InChI=1S/C24H25ClN2O2/c1-16(24(28)27-19-10-8-18(25)9-11-19)17-6-12-20(13-7-17)29-23-14-15-26-22-5-3-2-4-21(22)23/h2-5,8-11,14-17,20H,6-7,12-13H2,1H3,(H,27,28)/t16-,17-,20-/m1/s1. The predicted octanol–water partition coefficient (Wildman–Crippen LogP) is 6.10. The van der Waals surface area contributed by atoms with Gasteiger partial charge >= 0.3 is 0 Å². The maximum atomic E-state index is 12.6.